The Morgan fingerprint density at radius 3 is 2.29 bits per heavy atom. The van der Waals surface area contributed by atoms with Crippen molar-refractivity contribution < 1.29 is 19.4 Å². The fraction of sp³-hybridized carbons (Fsp3) is 0.867. The van der Waals surface area contributed by atoms with Crippen LogP contribution in [-0.2, 0) is 9.53 Å². The zero-order valence-electron chi connectivity index (χ0n) is 13.3. The summed E-state index contributed by atoms with van der Waals surface area (Å²) in [5.41, 5.74) is -0.534. The molecule has 0 heterocycles. The van der Waals surface area contributed by atoms with Crippen molar-refractivity contribution in [2.45, 2.75) is 77.4 Å². The number of carbonyl (C=O) groups excluding carboxylic acids is 1. The van der Waals surface area contributed by atoms with E-state index in [0.29, 0.717) is 12.3 Å². The number of hydrogen-bond acceptors (Lipinski definition) is 3. The zero-order chi connectivity index (χ0) is 15.2. The molecule has 1 amide bonds. The second-order valence-corrected chi connectivity index (χ2v) is 6.58. The fourth-order valence-electron chi connectivity index (χ4n) is 2.70. The fourth-order valence-corrected chi connectivity index (χ4v) is 2.70. The van der Waals surface area contributed by atoms with E-state index in [-0.39, 0.29) is 26.0 Å². The average Bonchev–Trinajstić information content (AvgIpc) is 2.33. The van der Waals surface area contributed by atoms with Crippen molar-refractivity contribution in [1.29, 1.82) is 0 Å². The van der Waals surface area contributed by atoms with Crippen LogP contribution in [0.1, 0.15) is 65.7 Å². The topological polar surface area (TPSA) is 75.6 Å². The standard InChI is InChI=1S/C15H27NO4.H2S/c1-15(2,3)20-14(19)16-12(9-10-13(17)18)11-7-5-4-6-8-11;/h11-12H,4-10H2,1-3H3,(H,16,19)(H,17,18);1H2/t12-;/m0./s1. The first-order valence-electron chi connectivity index (χ1n) is 7.49. The van der Waals surface area contributed by atoms with Crippen molar-refractivity contribution in [1.82, 2.24) is 5.32 Å². The maximum absolute atomic E-state index is 11.9. The van der Waals surface area contributed by atoms with Crippen LogP contribution >= 0.6 is 13.5 Å². The van der Waals surface area contributed by atoms with E-state index in [1.807, 2.05) is 20.8 Å². The van der Waals surface area contributed by atoms with E-state index >= 15 is 0 Å². The van der Waals surface area contributed by atoms with Gasteiger partial charge in [0.15, 0.2) is 0 Å². The Kier molecular flexibility index (Phi) is 8.78. The van der Waals surface area contributed by atoms with Crippen molar-refractivity contribution >= 4 is 25.6 Å². The van der Waals surface area contributed by atoms with Gasteiger partial charge >= 0.3 is 12.1 Å². The molecule has 5 nitrogen and oxygen atoms in total. The third kappa shape index (κ3) is 8.86. The number of carboxylic acid groups (broad SMARTS) is 1. The van der Waals surface area contributed by atoms with Gasteiger partial charge in [-0.2, -0.15) is 13.5 Å². The Morgan fingerprint density at radius 2 is 1.81 bits per heavy atom. The molecule has 0 aromatic carbocycles. The molecular formula is C15H29NO4S. The Hall–Kier alpha value is -0.910. The smallest absolute Gasteiger partial charge is 0.407 e. The normalized spacial score (nSPS) is 17.5. The highest BCUT2D eigenvalue weighted by Gasteiger charge is 2.27. The van der Waals surface area contributed by atoms with E-state index in [9.17, 15) is 9.59 Å². The Bertz CT molecular complexity index is 335. The highest BCUT2D eigenvalue weighted by atomic mass is 32.1. The van der Waals surface area contributed by atoms with Crippen LogP contribution in [-0.4, -0.2) is 28.8 Å². The summed E-state index contributed by atoms with van der Waals surface area (Å²) >= 11 is 0. The SMILES string of the molecule is CC(C)(C)OC(=O)N[C@@H](CCC(=O)O)C1CCCCC1.S. The van der Waals surface area contributed by atoms with Gasteiger partial charge in [-0.25, -0.2) is 4.79 Å². The van der Waals surface area contributed by atoms with E-state index in [0.717, 1.165) is 25.7 Å². The molecule has 1 aliphatic rings. The van der Waals surface area contributed by atoms with E-state index < -0.39 is 17.7 Å². The summed E-state index contributed by atoms with van der Waals surface area (Å²) in [6.45, 7) is 5.46. The Labute approximate surface area is 134 Å². The molecule has 124 valence electrons. The first-order chi connectivity index (χ1) is 9.28. The van der Waals surface area contributed by atoms with Gasteiger partial charge in [0, 0.05) is 12.5 Å². The zero-order valence-corrected chi connectivity index (χ0v) is 14.3. The molecule has 6 heteroatoms. The van der Waals surface area contributed by atoms with Gasteiger partial charge in [-0.1, -0.05) is 19.3 Å². The van der Waals surface area contributed by atoms with Crippen LogP contribution in [0.3, 0.4) is 0 Å². The molecule has 1 aliphatic carbocycles. The third-order valence-corrected chi connectivity index (χ3v) is 3.59. The summed E-state index contributed by atoms with van der Waals surface area (Å²) in [5, 5.41) is 11.7. The second kappa shape index (κ2) is 9.18. The Morgan fingerprint density at radius 1 is 1.24 bits per heavy atom. The molecule has 2 N–H and O–H groups in total. The number of nitrogens with one attached hydrogen (secondary N) is 1. The minimum Gasteiger partial charge on any atom is -0.481 e. The molecule has 1 saturated carbocycles. The largest absolute Gasteiger partial charge is 0.481 e. The van der Waals surface area contributed by atoms with Crippen molar-refractivity contribution in [2.75, 3.05) is 0 Å². The quantitative estimate of drug-likeness (QED) is 0.814. The van der Waals surface area contributed by atoms with Gasteiger partial charge in [-0.05, 0) is 46.0 Å². The van der Waals surface area contributed by atoms with Gasteiger partial charge in [0.1, 0.15) is 5.60 Å². The molecule has 1 atom stereocenters. The van der Waals surface area contributed by atoms with Gasteiger partial charge in [0.2, 0.25) is 0 Å². The van der Waals surface area contributed by atoms with Crippen molar-refractivity contribution in [2.24, 2.45) is 5.92 Å². The van der Waals surface area contributed by atoms with Crippen LogP contribution in [0.2, 0.25) is 0 Å². The summed E-state index contributed by atoms with van der Waals surface area (Å²) in [5.74, 6) is -0.451. The summed E-state index contributed by atoms with van der Waals surface area (Å²) in [6, 6.07) is -0.0961. The number of amides is 1. The maximum atomic E-state index is 11.9. The molecule has 0 unspecified atom stereocenters. The minimum atomic E-state index is -0.822. The molecule has 0 aromatic heterocycles. The predicted molar refractivity (Wildman–Crippen MR) is 87.0 cm³/mol. The lowest BCUT2D eigenvalue weighted by atomic mass is 9.82. The number of ether oxygens (including phenoxy) is 1. The molecule has 1 fully saturated rings. The molecule has 1 rings (SSSR count). The summed E-state index contributed by atoms with van der Waals surface area (Å²) < 4.78 is 5.27. The lowest BCUT2D eigenvalue weighted by molar-refractivity contribution is -0.137. The van der Waals surface area contributed by atoms with E-state index in [1.54, 1.807) is 0 Å². The van der Waals surface area contributed by atoms with Crippen LogP contribution in [0.5, 0.6) is 0 Å². The summed E-state index contributed by atoms with van der Waals surface area (Å²) in [6.07, 6.45) is 5.76. The molecule has 0 radical (unpaired) electrons. The van der Waals surface area contributed by atoms with E-state index in [2.05, 4.69) is 5.32 Å². The van der Waals surface area contributed by atoms with Crippen LogP contribution in [0, 0.1) is 5.92 Å². The van der Waals surface area contributed by atoms with Crippen molar-refractivity contribution in [3.63, 3.8) is 0 Å². The van der Waals surface area contributed by atoms with E-state index in [4.69, 9.17) is 9.84 Å². The molecule has 0 spiro atoms. The maximum Gasteiger partial charge on any atom is 0.407 e. The first kappa shape index (κ1) is 20.1. The van der Waals surface area contributed by atoms with Crippen LogP contribution in [0.15, 0.2) is 0 Å². The highest BCUT2D eigenvalue weighted by Crippen LogP contribution is 2.28. The summed E-state index contributed by atoms with van der Waals surface area (Å²) in [7, 11) is 0. The van der Waals surface area contributed by atoms with E-state index in [1.165, 1.54) is 6.42 Å². The Balaban J connectivity index is 0.00000400. The lowest BCUT2D eigenvalue weighted by Gasteiger charge is -2.31. The third-order valence-electron chi connectivity index (χ3n) is 3.59. The monoisotopic (exact) mass is 319 g/mol. The first-order valence-corrected chi connectivity index (χ1v) is 7.49. The average molecular weight is 319 g/mol. The van der Waals surface area contributed by atoms with Crippen molar-refractivity contribution in [3.05, 3.63) is 0 Å². The van der Waals surface area contributed by atoms with Gasteiger partial charge in [-0.3, -0.25) is 4.79 Å². The number of rotatable bonds is 5. The molecule has 0 saturated heterocycles. The van der Waals surface area contributed by atoms with Crippen molar-refractivity contribution in [3.8, 4) is 0 Å². The van der Waals surface area contributed by atoms with Gasteiger partial charge in [-0.15, -0.1) is 0 Å². The molecule has 0 bridgehead atoms. The molecule has 0 aliphatic heterocycles. The number of carbonyl (C=O) groups is 2. The second-order valence-electron chi connectivity index (χ2n) is 6.58. The van der Waals surface area contributed by atoms with Crippen LogP contribution < -0.4 is 5.32 Å². The minimum absolute atomic E-state index is 0. The lowest BCUT2D eigenvalue weighted by Crippen LogP contribution is -2.43. The van der Waals surface area contributed by atoms with Crippen LogP contribution in [0.4, 0.5) is 4.79 Å². The number of hydrogen-bond donors (Lipinski definition) is 2. The molecule has 21 heavy (non-hydrogen) atoms. The number of carboxylic acids is 1. The summed E-state index contributed by atoms with van der Waals surface area (Å²) in [4.78, 5) is 22.6. The molecule has 0 aromatic rings. The van der Waals surface area contributed by atoms with Gasteiger partial charge < -0.3 is 15.2 Å². The van der Waals surface area contributed by atoms with Gasteiger partial charge in [0.05, 0.1) is 0 Å². The predicted octanol–water partition coefficient (Wildman–Crippen LogP) is 3.44. The molecular weight excluding hydrogens is 290 g/mol. The number of alkyl carbamates (subject to hydrolysis) is 1. The number of aliphatic carboxylic acids is 1. The van der Waals surface area contributed by atoms with Gasteiger partial charge in [0.25, 0.3) is 0 Å². The highest BCUT2D eigenvalue weighted by molar-refractivity contribution is 7.59. The van der Waals surface area contributed by atoms with Crippen LogP contribution in [0.25, 0.3) is 0 Å².